The molecule has 6 unspecified atom stereocenters. The molecule has 0 aliphatic heterocycles. The maximum Gasteiger partial charge on any atom is -0.0194 e. The number of hydrogen-bond donors (Lipinski definition) is 0. The van der Waals surface area contributed by atoms with Crippen LogP contribution in [0.25, 0.3) is 0 Å². The summed E-state index contributed by atoms with van der Waals surface area (Å²) in [5, 5.41) is 0. The van der Waals surface area contributed by atoms with E-state index in [4.69, 9.17) is 0 Å². The maximum atomic E-state index is 2.56. The summed E-state index contributed by atoms with van der Waals surface area (Å²) in [7, 11) is 0. The Morgan fingerprint density at radius 3 is 3.07 bits per heavy atom. The largest absolute Gasteiger partial charge is 0.0879 e. The van der Waals surface area contributed by atoms with Gasteiger partial charge in [0.2, 0.25) is 0 Å². The lowest BCUT2D eigenvalue weighted by Gasteiger charge is -2.36. The van der Waals surface area contributed by atoms with Gasteiger partial charge in [-0.1, -0.05) is 25.5 Å². The minimum atomic E-state index is 0.837. The quantitative estimate of drug-likeness (QED) is 0.551. The summed E-state index contributed by atoms with van der Waals surface area (Å²) in [6.45, 7) is 2.41. The van der Waals surface area contributed by atoms with Crippen molar-refractivity contribution in [3.8, 4) is 0 Å². The normalized spacial score (nSPS) is 62.5. The summed E-state index contributed by atoms with van der Waals surface area (Å²) >= 11 is 0. The molecular formula is C14H20. The van der Waals surface area contributed by atoms with E-state index >= 15 is 0 Å². The van der Waals surface area contributed by atoms with Crippen molar-refractivity contribution in [1.82, 2.24) is 0 Å². The van der Waals surface area contributed by atoms with Gasteiger partial charge in [0.25, 0.3) is 0 Å². The average Bonchev–Trinajstić information content (AvgIpc) is 2.73. The van der Waals surface area contributed by atoms with E-state index in [9.17, 15) is 0 Å². The average molecular weight is 188 g/mol. The molecule has 4 rings (SSSR count). The predicted molar refractivity (Wildman–Crippen MR) is 57.8 cm³/mol. The number of hydrogen-bond acceptors (Lipinski definition) is 0. The van der Waals surface area contributed by atoms with E-state index in [1.807, 2.05) is 0 Å². The van der Waals surface area contributed by atoms with Gasteiger partial charge in [0.1, 0.15) is 0 Å². The highest BCUT2D eigenvalue weighted by Crippen LogP contribution is 2.75. The van der Waals surface area contributed by atoms with Gasteiger partial charge in [-0.25, -0.2) is 0 Å². The molecule has 1 spiro atoms. The Kier molecular flexibility index (Phi) is 1.30. The van der Waals surface area contributed by atoms with E-state index in [1.165, 1.54) is 12.8 Å². The fourth-order valence-corrected chi connectivity index (χ4v) is 5.84. The predicted octanol–water partition coefficient (Wildman–Crippen LogP) is 3.63. The molecule has 3 saturated carbocycles. The van der Waals surface area contributed by atoms with Crippen LogP contribution in [0.4, 0.5) is 0 Å². The fraction of sp³-hybridized carbons (Fsp3) is 0.857. The van der Waals surface area contributed by atoms with Crippen molar-refractivity contribution in [3.05, 3.63) is 12.2 Å². The van der Waals surface area contributed by atoms with Gasteiger partial charge in [-0.2, -0.15) is 0 Å². The molecule has 0 aromatic rings. The first-order chi connectivity index (χ1) is 6.84. The Morgan fingerprint density at radius 1 is 1.29 bits per heavy atom. The minimum absolute atomic E-state index is 0.837. The van der Waals surface area contributed by atoms with Crippen LogP contribution in [-0.4, -0.2) is 0 Å². The molecule has 0 saturated heterocycles. The Morgan fingerprint density at radius 2 is 2.21 bits per heavy atom. The molecule has 0 amide bonds. The van der Waals surface area contributed by atoms with Crippen molar-refractivity contribution in [3.63, 3.8) is 0 Å². The molecule has 4 aliphatic carbocycles. The van der Waals surface area contributed by atoms with Gasteiger partial charge in [0.15, 0.2) is 0 Å². The third-order valence-electron chi connectivity index (χ3n) is 6.10. The molecule has 3 fully saturated rings. The van der Waals surface area contributed by atoms with E-state index in [0.717, 1.165) is 35.0 Å². The van der Waals surface area contributed by atoms with Crippen LogP contribution in [0.5, 0.6) is 0 Å². The van der Waals surface area contributed by atoms with Crippen molar-refractivity contribution >= 4 is 0 Å². The van der Waals surface area contributed by atoms with Gasteiger partial charge in [-0.15, -0.1) is 0 Å². The maximum absolute atomic E-state index is 2.56. The highest BCUT2D eigenvalue weighted by atomic mass is 14.7. The zero-order valence-electron chi connectivity index (χ0n) is 9.08. The molecule has 14 heavy (non-hydrogen) atoms. The van der Waals surface area contributed by atoms with E-state index < -0.39 is 0 Å². The molecular weight excluding hydrogens is 168 g/mol. The minimum Gasteiger partial charge on any atom is -0.0879 e. The van der Waals surface area contributed by atoms with Crippen molar-refractivity contribution in [1.29, 1.82) is 0 Å². The summed E-state index contributed by atoms with van der Waals surface area (Å²) in [5.74, 6) is 5.48. The summed E-state index contributed by atoms with van der Waals surface area (Å²) in [6.07, 6.45) is 12.7. The van der Waals surface area contributed by atoms with Gasteiger partial charge >= 0.3 is 0 Å². The Balaban J connectivity index is 1.79. The van der Waals surface area contributed by atoms with Gasteiger partial charge < -0.3 is 0 Å². The Hall–Kier alpha value is -0.260. The van der Waals surface area contributed by atoms with Crippen LogP contribution in [-0.2, 0) is 0 Å². The molecule has 0 N–H and O–H groups in total. The lowest BCUT2D eigenvalue weighted by Crippen LogP contribution is -2.29. The Labute approximate surface area is 86.8 Å². The van der Waals surface area contributed by atoms with Gasteiger partial charge in [0, 0.05) is 0 Å². The molecule has 0 nitrogen and oxygen atoms in total. The van der Waals surface area contributed by atoms with Crippen LogP contribution in [0.3, 0.4) is 0 Å². The van der Waals surface area contributed by atoms with Crippen molar-refractivity contribution in [2.24, 2.45) is 35.0 Å². The van der Waals surface area contributed by atoms with E-state index in [2.05, 4.69) is 19.1 Å². The molecule has 6 atom stereocenters. The fourth-order valence-electron chi connectivity index (χ4n) is 5.84. The number of fused-ring (bicyclic) bond motifs is 1. The van der Waals surface area contributed by atoms with Gasteiger partial charge in [-0.05, 0) is 60.7 Å². The molecule has 0 aromatic heterocycles. The SMILES string of the molecule is CCC1CC23CC4C=CCC2C4C1C3. The van der Waals surface area contributed by atoms with Crippen molar-refractivity contribution in [2.45, 2.75) is 39.0 Å². The van der Waals surface area contributed by atoms with Crippen LogP contribution in [0.1, 0.15) is 39.0 Å². The first-order valence-electron chi connectivity index (χ1n) is 6.51. The highest BCUT2D eigenvalue weighted by Gasteiger charge is 2.67. The van der Waals surface area contributed by atoms with E-state index in [-0.39, 0.29) is 0 Å². The van der Waals surface area contributed by atoms with Gasteiger partial charge in [-0.3, -0.25) is 0 Å². The van der Waals surface area contributed by atoms with Crippen LogP contribution < -0.4 is 0 Å². The second kappa shape index (κ2) is 2.28. The van der Waals surface area contributed by atoms with Crippen molar-refractivity contribution < 1.29 is 0 Å². The second-order valence-corrected chi connectivity index (χ2v) is 6.32. The van der Waals surface area contributed by atoms with Crippen molar-refractivity contribution in [2.75, 3.05) is 0 Å². The van der Waals surface area contributed by atoms with E-state index in [1.54, 1.807) is 19.3 Å². The lowest BCUT2D eigenvalue weighted by atomic mass is 9.69. The smallest absolute Gasteiger partial charge is 0.0194 e. The molecule has 0 radical (unpaired) electrons. The topological polar surface area (TPSA) is 0 Å². The monoisotopic (exact) mass is 188 g/mol. The highest BCUT2D eigenvalue weighted by molar-refractivity contribution is 5.22. The third kappa shape index (κ3) is 0.677. The van der Waals surface area contributed by atoms with Gasteiger partial charge in [0.05, 0.1) is 0 Å². The Bertz CT molecular complexity index is 303. The van der Waals surface area contributed by atoms with Crippen LogP contribution >= 0.6 is 0 Å². The molecule has 5 bridgehead atoms. The summed E-state index contributed by atoms with van der Waals surface area (Å²) in [6, 6.07) is 0. The molecule has 0 heterocycles. The summed E-state index contributed by atoms with van der Waals surface area (Å²) in [4.78, 5) is 0. The van der Waals surface area contributed by atoms with Crippen LogP contribution in [0.15, 0.2) is 12.2 Å². The zero-order chi connectivity index (χ0) is 9.34. The first-order valence-corrected chi connectivity index (χ1v) is 6.51. The number of allylic oxidation sites excluding steroid dienone is 2. The molecule has 0 aromatic carbocycles. The standard InChI is InChI=1S/C14H20/c1-2-9-6-14-7-10-4-3-5-12(14)13(10)11(9)8-14/h3-4,9-13H,2,5-8H2,1H3. The molecule has 4 aliphatic rings. The van der Waals surface area contributed by atoms with E-state index in [0.29, 0.717) is 0 Å². The summed E-state index contributed by atoms with van der Waals surface area (Å²) in [5.41, 5.74) is 0.837. The van der Waals surface area contributed by atoms with Crippen LogP contribution in [0.2, 0.25) is 0 Å². The lowest BCUT2D eigenvalue weighted by molar-refractivity contribution is 0.146. The zero-order valence-corrected chi connectivity index (χ0v) is 9.08. The molecule has 76 valence electrons. The third-order valence-corrected chi connectivity index (χ3v) is 6.10. The molecule has 0 heteroatoms. The summed E-state index contributed by atoms with van der Waals surface area (Å²) < 4.78 is 0. The van der Waals surface area contributed by atoms with Crippen LogP contribution in [0, 0.1) is 35.0 Å². The second-order valence-electron chi connectivity index (χ2n) is 6.32. The number of rotatable bonds is 1. The first kappa shape index (κ1) is 7.96.